The van der Waals surface area contributed by atoms with Crippen LogP contribution in [0.25, 0.3) is 5.57 Å². The molecular weight excluding hydrogens is 272 g/mol. The molecule has 2 rings (SSSR count). The van der Waals surface area contributed by atoms with Crippen molar-refractivity contribution in [2.45, 2.75) is 20.8 Å². The van der Waals surface area contributed by atoms with Gasteiger partial charge in [-0.3, -0.25) is 0 Å². The second kappa shape index (κ2) is 6.90. The van der Waals surface area contributed by atoms with Crippen LogP contribution in [0.5, 0.6) is 0 Å². The van der Waals surface area contributed by atoms with Crippen molar-refractivity contribution in [1.29, 1.82) is 0 Å². The van der Waals surface area contributed by atoms with Crippen LogP contribution in [-0.2, 0) is 4.79 Å². The average Bonchev–Trinajstić information content (AvgIpc) is 2.46. The molecule has 22 heavy (non-hydrogen) atoms. The van der Waals surface area contributed by atoms with Gasteiger partial charge in [0.05, 0.1) is 0 Å². The van der Waals surface area contributed by atoms with Gasteiger partial charge in [0.25, 0.3) is 0 Å². The van der Waals surface area contributed by atoms with Gasteiger partial charge >= 0.3 is 5.97 Å². The molecule has 2 aromatic rings. The van der Waals surface area contributed by atoms with E-state index in [2.05, 4.69) is 62.4 Å². The fourth-order valence-electron chi connectivity index (χ4n) is 2.26. The first-order valence-corrected chi connectivity index (χ1v) is 7.23. The summed E-state index contributed by atoms with van der Waals surface area (Å²) in [6, 6.07) is 16.5. The van der Waals surface area contributed by atoms with Crippen molar-refractivity contribution >= 4 is 11.5 Å². The maximum Gasteiger partial charge on any atom is 0.328 e. The van der Waals surface area contributed by atoms with Crippen LogP contribution in [0.1, 0.15) is 29.2 Å². The normalized spacial score (nSPS) is 11.1. The molecule has 0 radical (unpaired) electrons. The highest BCUT2D eigenvalue weighted by atomic mass is 16.4. The minimum absolute atomic E-state index is 0.712. The summed E-state index contributed by atoms with van der Waals surface area (Å²) in [4.78, 5) is 10.8. The molecule has 2 aromatic carbocycles. The van der Waals surface area contributed by atoms with E-state index in [0.717, 1.165) is 16.7 Å². The Bertz CT molecular complexity index is 670. The van der Waals surface area contributed by atoms with E-state index < -0.39 is 5.97 Å². The first-order chi connectivity index (χ1) is 10.5. The Balaban J connectivity index is 2.53. The van der Waals surface area contributed by atoms with Crippen LogP contribution in [0.2, 0.25) is 0 Å². The second-order valence-electron chi connectivity index (χ2n) is 5.52. The molecule has 0 heterocycles. The number of carboxylic acid groups (broad SMARTS) is 1. The monoisotopic (exact) mass is 292 g/mol. The lowest BCUT2D eigenvalue weighted by Gasteiger charge is -2.10. The van der Waals surface area contributed by atoms with E-state index in [0.29, 0.717) is 5.57 Å². The van der Waals surface area contributed by atoms with Gasteiger partial charge in [0.15, 0.2) is 0 Å². The summed E-state index contributed by atoms with van der Waals surface area (Å²) in [6.45, 7) is 5.90. The van der Waals surface area contributed by atoms with E-state index in [-0.39, 0.29) is 0 Å². The van der Waals surface area contributed by atoms with Gasteiger partial charge in [-0.05, 0) is 43.0 Å². The molecular formula is C20H20O2. The molecule has 0 aliphatic carbocycles. The highest BCUT2D eigenvalue weighted by Gasteiger charge is 2.06. The number of carboxylic acids is 1. The molecule has 0 aliphatic rings. The minimum atomic E-state index is -0.930. The third kappa shape index (κ3) is 4.19. The number of carbonyl (C=O) groups is 1. The van der Waals surface area contributed by atoms with Gasteiger partial charge < -0.3 is 5.11 Å². The molecule has 0 bridgehead atoms. The molecule has 0 saturated carbocycles. The molecule has 0 unspecified atom stereocenters. The maximum atomic E-state index is 10.8. The summed E-state index contributed by atoms with van der Waals surface area (Å²) in [7, 11) is 0. The standard InChI is InChI=1S/C20H20O2/c1-14-4-8-17(9-5-14)19(12-16(3)13-20(21)22)18-10-6-15(2)7-11-18/h4-13H,1-3H3,(H,21,22). The van der Waals surface area contributed by atoms with Gasteiger partial charge in [0.2, 0.25) is 0 Å². The summed E-state index contributed by atoms with van der Waals surface area (Å²) in [5.74, 6) is -0.930. The van der Waals surface area contributed by atoms with Gasteiger partial charge in [0, 0.05) is 6.08 Å². The Kier molecular flexibility index (Phi) is 4.95. The summed E-state index contributed by atoms with van der Waals surface area (Å²) in [6.07, 6.45) is 3.14. The van der Waals surface area contributed by atoms with E-state index in [4.69, 9.17) is 5.11 Å². The van der Waals surface area contributed by atoms with E-state index in [1.807, 2.05) is 6.08 Å². The zero-order valence-corrected chi connectivity index (χ0v) is 13.1. The lowest BCUT2D eigenvalue weighted by atomic mass is 9.94. The van der Waals surface area contributed by atoms with Crippen LogP contribution >= 0.6 is 0 Å². The van der Waals surface area contributed by atoms with Crippen molar-refractivity contribution in [1.82, 2.24) is 0 Å². The summed E-state index contributed by atoms with van der Waals surface area (Å²) in [5, 5.41) is 8.91. The highest BCUT2D eigenvalue weighted by molar-refractivity contribution is 5.85. The minimum Gasteiger partial charge on any atom is -0.478 e. The zero-order valence-electron chi connectivity index (χ0n) is 13.1. The molecule has 1 N–H and O–H groups in total. The molecule has 112 valence electrons. The van der Waals surface area contributed by atoms with E-state index >= 15 is 0 Å². The average molecular weight is 292 g/mol. The number of hydrogen-bond acceptors (Lipinski definition) is 1. The van der Waals surface area contributed by atoms with Gasteiger partial charge in [-0.1, -0.05) is 65.7 Å². The van der Waals surface area contributed by atoms with Crippen molar-refractivity contribution in [2.75, 3.05) is 0 Å². The van der Waals surface area contributed by atoms with Crippen molar-refractivity contribution in [2.24, 2.45) is 0 Å². The van der Waals surface area contributed by atoms with Gasteiger partial charge in [-0.15, -0.1) is 0 Å². The Morgan fingerprint density at radius 3 is 1.59 bits per heavy atom. The van der Waals surface area contributed by atoms with Crippen LogP contribution in [-0.4, -0.2) is 11.1 Å². The summed E-state index contributed by atoms with van der Waals surface area (Å²) < 4.78 is 0. The molecule has 2 heteroatoms. The first kappa shape index (κ1) is 15.8. The second-order valence-corrected chi connectivity index (χ2v) is 5.52. The fourth-order valence-corrected chi connectivity index (χ4v) is 2.26. The molecule has 0 fully saturated rings. The van der Waals surface area contributed by atoms with Crippen molar-refractivity contribution in [3.8, 4) is 0 Å². The molecule has 0 saturated heterocycles. The van der Waals surface area contributed by atoms with E-state index in [9.17, 15) is 4.79 Å². The number of aryl methyl sites for hydroxylation is 2. The SMILES string of the molecule is CC(=CC(=O)O)C=C(c1ccc(C)cc1)c1ccc(C)cc1. The Morgan fingerprint density at radius 2 is 1.23 bits per heavy atom. The third-order valence-electron chi connectivity index (χ3n) is 3.45. The lowest BCUT2D eigenvalue weighted by Crippen LogP contribution is -1.92. The Hall–Kier alpha value is -2.61. The van der Waals surface area contributed by atoms with Crippen molar-refractivity contribution in [3.63, 3.8) is 0 Å². The molecule has 0 amide bonds. The molecule has 0 atom stereocenters. The number of hydrogen-bond donors (Lipinski definition) is 1. The Morgan fingerprint density at radius 1 is 0.818 bits per heavy atom. The largest absolute Gasteiger partial charge is 0.478 e. The molecule has 0 aromatic heterocycles. The van der Waals surface area contributed by atoms with Gasteiger partial charge in [0.1, 0.15) is 0 Å². The van der Waals surface area contributed by atoms with Crippen molar-refractivity contribution < 1.29 is 9.90 Å². The number of allylic oxidation sites excluding steroid dienone is 2. The van der Waals surface area contributed by atoms with Crippen molar-refractivity contribution in [3.05, 3.63) is 88.5 Å². The van der Waals surface area contributed by atoms with Crippen LogP contribution in [0, 0.1) is 13.8 Å². The van der Waals surface area contributed by atoms with Crippen LogP contribution in [0.15, 0.2) is 66.3 Å². The number of rotatable bonds is 4. The van der Waals surface area contributed by atoms with Crippen LogP contribution in [0.3, 0.4) is 0 Å². The molecule has 0 spiro atoms. The lowest BCUT2D eigenvalue weighted by molar-refractivity contribution is -0.131. The van der Waals surface area contributed by atoms with Gasteiger partial charge in [-0.25, -0.2) is 4.79 Å². The zero-order chi connectivity index (χ0) is 16.1. The van der Waals surface area contributed by atoms with Gasteiger partial charge in [-0.2, -0.15) is 0 Å². The van der Waals surface area contributed by atoms with Crippen LogP contribution < -0.4 is 0 Å². The Labute approximate surface area is 131 Å². The van der Waals surface area contributed by atoms with E-state index in [1.54, 1.807) is 6.92 Å². The van der Waals surface area contributed by atoms with E-state index in [1.165, 1.54) is 17.2 Å². The topological polar surface area (TPSA) is 37.3 Å². The molecule has 0 aliphatic heterocycles. The smallest absolute Gasteiger partial charge is 0.328 e. The quantitative estimate of drug-likeness (QED) is 0.651. The predicted octanol–water partition coefficient (Wildman–Crippen LogP) is 4.77. The fraction of sp³-hybridized carbons (Fsp3) is 0.150. The number of aliphatic carboxylic acids is 1. The summed E-state index contributed by atoms with van der Waals surface area (Å²) in [5.41, 5.74) is 6.29. The third-order valence-corrected chi connectivity index (χ3v) is 3.45. The first-order valence-electron chi connectivity index (χ1n) is 7.23. The maximum absolute atomic E-state index is 10.8. The summed E-state index contributed by atoms with van der Waals surface area (Å²) >= 11 is 0. The highest BCUT2D eigenvalue weighted by Crippen LogP contribution is 2.25. The van der Waals surface area contributed by atoms with Crippen LogP contribution in [0.4, 0.5) is 0 Å². The predicted molar refractivity (Wildman–Crippen MR) is 90.8 cm³/mol. The molecule has 2 nitrogen and oxygen atoms in total. The number of benzene rings is 2.